The first-order valence-corrected chi connectivity index (χ1v) is 10.9. The second kappa shape index (κ2) is 9.40. The Morgan fingerprint density at radius 1 is 1.06 bits per heavy atom. The van der Waals surface area contributed by atoms with Crippen LogP contribution in [0.25, 0.3) is 10.4 Å². The van der Waals surface area contributed by atoms with E-state index in [-0.39, 0.29) is 26.2 Å². The zero-order chi connectivity index (χ0) is 24.3. The Balaban J connectivity index is 1.62. The van der Waals surface area contributed by atoms with Gasteiger partial charge >= 0.3 is 11.9 Å². The van der Waals surface area contributed by atoms with E-state index in [1.54, 1.807) is 37.3 Å². The van der Waals surface area contributed by atoms with Gasteiger partial charge in [0, 0.05) is 16.7 Å². The van der Waals surface area contributed by atoms with E-state index in [1.165, 1.54) is 24.3 Å². The van der Waals surface area contributed by atoms with Crippen molar-refractivity contribution in [2.75, 3.05) is 6.61 Å². The summed E-state index contributed by atoms with van der Waals surface area (Å²) < 4.78 is 45.2. The predicted octanol–water partition coefficient (Wildman–Crippen LogP) is 4.42. The van der Waals surface area contributed by atoms with Gasteiger partial charge in [0.25, 0.3) is 0 Å². The van der Waals surface area contributed by atoms with Gasteiger partial charge in [0.2, 0.25) is 5.67 Å². The number of ether oxygens (including phenoxy) is 3. The van der Waals surface area contributed by atoms with Gasteiger partial charge in [-0.1, -0.05) is 47.6 Å². The molecular weight excluding hydrogens is 448 g/mol. The summed E-state index contributed by atoms with van der Waals surface area (Å²) in [6.45, 7) is 1.32. The Bertz CT molecular complexity index is 1110. The lowest BCUT2D eigenvalue weighted by Crippen LogP contribution is -2.53. The van der Waals surface area contributed by atoms with Crippen LogP contribution in [0.15, 0.2) is 59.7 Å². The van der Waals surface area contributed by atoms with Crippen molar-refractivity contribution in [2.24, 2.45) is 17.0 Å². The van der Waals surface area contributed by atoms with E-state index >= 15 is 4.39 Å². The molecule has 0 heterocycles. The zero-order valence-electron chi connectivity index (χ0n) is 18.4. The van der Waals surface area contributed by atoms with E-state index in [2.05, 4.69) is 10.0 Å². The average Bonchev–Trinajstić information content (AvgIpc) is 3.29. The van der Waals surface area contributed by atoms with Crippen molar-refractivity contribution in [3.63, 3.8) is 0 Å². The van der Waals surface area contributed by atoms with Gasteiger partial charge in [-0.25, -0.2) is 13.6 Å². The minimum Gasteiger partial charge on any atom is -0.464 e. The Kier molecular flexibility index (Phi) is 6.54. The SMILES string of the molecule is CCOC(=O)[C@@]1(F)[C@@H]2C[C@@H](OCc3ccc(F)cc3)[C@@](N=[N+]=[N-])(C(=O)OCc3ccccc3)[C@@H]21. The maximum atomic E-state index is 15.8. The number of rotatable bonds is 9. The molecule has 34 heavy (non-hydrogen) atoms. The molecule has 0 aromatic heterocycles. The number of azide groups is 1. The van der Waals surface area contributed by atoms with Crippen molar-refractivity contribution >= 4 is 11.9 Å². The summed E-state index contributed by atoms with van der Waals surface area (Å²) in [5.74, 6) is -4.71. The number of benzene rings is 2. The molecule has 5 atom stereocenters. The van der Waals surface area contributed by atoms with Gasteiger partial charge in [0.05, 0.1) is 19.3 Å². The maximum Gasteiger partial charge on any atom is 0.344 e. The summed E-state index contributed by atoms with van der Waals surface area (Å²) in [5, 5.41) is 3.71. The van der Waals surface area contributed by atoms with E-state index in [9.17, 15) is 19.5 Å². The predicted molar refractivity (Wildman–Crippen MR) is 115 cm³/mol. The number of halogens is 2. The van der Waals surface area contributed by atoms with Crippen LogP contribution in [0.1, 0.15) is 24.5 Å². The van der Waals surface area contributed by atoms with Crippen molar-refractivity contribution in [3.05, 3.63) is 82.0 Å². The molecule has 0 saturated heterocycles. The number of hydrogen-bond donors (Lipinski definition) is 0. The molecule has 0 unspecified atom stereocenters. The van der Waals surface area contributed by atoms with Gasteiger partial charge in [-0.05, 0) is 42.1 Å². The standard InChI is InChI=1S/C24H23F2N3O5/c1-2-32-21(30)23(26)18-12-19(33-13-16-8-10-17(25)11-9-16)24(20(18)23,28-29-27)22(31)34-14-15-6-4-3-5-7-15/h3-11,18-20H,2,12-14H2,1H3/t18-,19-,20+,23-,24+/m1/s1. The lowest BCUT2D eigenvalue weighted by molar-refractivity contribution is -0.164. The summed E-state index contributed by atoms with van der Waals surface area (Å²) in [4.78, 5) is 28.6. The number of esters is 2. The van der Waals surface area contributed by atoms with Crippen LogP contribution in [-0.4, -0.2) is 35.9 Å². The summed E-state index contributed by atoms with van der Waals surface area (Å²) in [6, 6.07) is 14.3. The third-order valence-corrected chi connectivity index (χ3v) is 6.42. The lowest BCUT2D eigenvalue weighted by Gasteiger charge is -2.33. The van der Waals surface area contributed by atoms with Crippen LogP contribution in [-0.2, 0) is 37.0 Å². The average molecular weight is 471 g/mol. The molecule has 10 heteroatoms. The van der Waals surface area contributed by atoms with Crippen molar-refractivity contribution in [1.82, 2.24) is 0 Å². The van der Waals surface area contributed by atoms with E-state index in [0.29, 0.717) is 11.1 Å². The molecule has 2 aromatic carbocycles. The molecule has 2 fully saturated rings. The number of nitrogens with zero attached hydrogens (tertiary/aromatic N) is 3. The Labute approximate surface area is 194 Å². The number of alkyl halides is 1. The van der Waals surface area contributed by atoms with Crippen LogP contribution in [0.4, 0.5) is 8.78 Å². The van der Waals surface area contributed by atoms with E-state index in [1.807, 2.05) is 0 Å². The normalized spacial score (nSPS) is 29.0. The Hall–Kier alpha value is -3.49. The fourth-order valence-electron chi connectivity index (χ4n) is 4.80. The first kappa shape index (κ1) is 23.7. The number of carbonyl (C=O) groups excluding carboxylic acids is 2. The topological polar surface area (TPSA) is 111 Å². The van der Waals surface area contributed by atoms with Crippen LogP contribution in [0.5, 0.6) is 0 Å². The highest BCUT2D eigenvalue weighted by atomic mass is 19.1. The second-order valence-corrected chi connectivity index (χ2v) is 8.31. The quantitative estimate of drug-likeness (QED) is 0.233. The third kappa shape index (κ3) is 3.99. The third-order valence-electron chi connectivity index (χ3n) is 6.42. The van der Waals surface area contributed by atoms with E-state index < -0.39 is 46.9 Å². The molecule has 0 spiro atoms. The summed E-state index contributed by atoms with van der Waals surface area (Å²) in [6.07, 6.45) is -1.11. The summed E-state index contributed by atoms with van der Waals surface area (Å²) in [5.41, 5.74) is 6.02. The molecule has 0 amide bonds. The molecule has 0 radical (unpaired) electrons. The molecular formula is C24H23F2N3O5. The molecule has 0 aliphatic heterocycles. The summed E-state index contributed by atoms with van der Waals surface area (Å²) in [7, 11) is 0. The number of fused-ring (bicyclic) bond motifs is 1. The van der Waals surface area contributed by atoms with E-state index in [4.69, 9.17) is 14.2 Å². The Morgan fingerprint density at radius 3 is 2.38 bits per heavy atom. The minimum absolute atomic E-state index is 0.0403. The molecule has 4 rings (SSSR count). The molecule has 2 aliphatic carbocycles. The van der Waals surface area contributed by atoms with Crippen LogP contribution in [0.3, 0.4) is 0 Å². The van der Waals surface area contributed by atoms with Crippen LogP contribution >= 0.6 is 0 Å². The Morgan fingerprint density at radius 2 is 1.74 bits per heavy atom. The van der Waals surface area contributed by atoms with Gasteiger partial charge in [0.15, 0.2) is 5.54 Å². The largest absolute Gasteiger partial charge is 0.464 e. The maximum absolute atomic E-state index is 15.8. The van der Waals surface area contributed by atoms with Gasteiger partial charge < -0.3 is 14.2 Å². The van der Waals surface area contributed by atoms with Crippen LogP contribution in [0, 0.1) is 17.7 Å². The van der Waals surface area contributed by atoms with Crippen LogP contribution < -0.4 is 0 Å². The zero-order valence-corrected chi connectivity index (χ0v) is 18.4. The van der Waals surface area contributed by atoms with Gasteiger partial charge in [-0.15, -0.1) is 0 Å². The highest BCUT2D eigenvalue weighted by molar-refractivity contribution is 5.92. The molecule has 178 valence electrons. The summed E-state index contributed by atoms with van der Waals surface area (Å²) >= 11 is 0. The first-order chi connectivity index (χ1) is 16.4. The lowest BCUT2D eigenvalue weighted by atomic mass is 9.87. The first-order valence-electron chi connectivity index (χ1n) is 10.9. The highest BCUT2D eigenvalue weighted by Crippen LogP contribution is 2.69. The monoisotopic (exact) mass is 471 g/mol. The van der Waals surface area contributed by atoms with Crippen molar-refractivity contribution in [3.8, 4) is 0 Å². The highest BCUT2D eigenvalue weighted by Gasteiger charge is 2.86. The van der Waals surface area contributed by atoms with Gasteiger partial charge in [0.1, 0.15) is 12.4 Å². The molecule has 8 nitrogen and oxygen atoms in total. The van der Waals surface area contributed by atoms with Gasteiger partial charge in [-0.3, -0.25) is 4.79 Å². The number of hydrogen-bond acceptors (Lipinski definition) is 6. The molecule has 2 saturated carbocycles. The fourth-order valence-corrected chi connectivity index (χ4v) is 4.80. The van der Waals surface area contributed by atoms with Gasteiger partial charge in [-0.2, -0.15) is 0 Å². The number of carbonyl (C=O) groups is 2. The van der Waals surface area contributed by atoms with E-state index in [0.717, 1.165) is 0 Å². The van der Waals surface area contributed by atoms with Crippen molar-refractivity contribution < 1.29 is 32.6 Å². The van der Waals surface area contributed by atoms with Crippen molar-refractivity contribution in [2.45, 2.75) is 43.9 Å². The fraction of sp³-hybridized carbons (Fsp3) is 0.417. The molecule has 0 bridgehead atoms. The molecule has 2 aromatic rings. The van der Waals surface area contributed by atoms with Crippen molar-refractivity contribution in [1.29, 1.82) is 0 Å². The smallest absolute Gasteiger partial charge is 0.344 e. The second-order valence-electron chi connectivity index (χ2n) is 8.31. The minimum atomic E-state index is -2.48. The molecule has 0 N–H and O–H groups in total. The van der Waals surface area contributed by atoms with Crippen LogP contribution in [0.2, 0.25) is 0 Å². The molecule has 2 aliphatic rings.